The number of anilines is 1. The van der Waals surface area contributed by atoms with E-state index in [4.69, 9.17) is 4.74 Å². The van der Waals surface area contributed by atoms with Crippen LogP contribution in [0.3, 0.4) is 0 Å². The molecule has 0 aliphatic rings. The maximum Gasteiger partial charge on any atom is 0.238 e. The Morgan fingerprint density at radius 3 is 2.79 bits per heavy atom. The minimum Gasteiger partial charge on any atom is -0.437 e. The monoisotopic (exact) mass is 385 g/mol. The van der Waals surface area contributed by atoms with Gasteiger partial charge in [0.15, 0.2) is 0 Å². The SMILES string of the molecule is CCNc1ncc(Br)c(Oc2ccc(Br)cc2C)n1. The van der Waals surface area contributed by atoms with Crippen LogP contribution in [0, 0.1) is 6.92 Å². The first-order valence-electron chi connectivity index (χ1n) is 5.80. The molecule has 0 atom stereocenters. The number of nitrogens with zero attached hydrogens (tertiary/aromatic N) is 2. The average Bonchev–Trinajstić information content (AvgIpc) is 2.37. The highest BCUT2D eigenvalue weighted by atomic mass is 79.9. The Morgan fingerprint density at radius 1 is 1.32 bits per heavy atom. The number of rotatable bonds is 4. The number of aromatic nitrogens is 2. The standard InChI is InChI=1S/C13H13Br2N3O/c1-3-16-13-17-7-10(15)12(18-13)19-11-5-4-9(14)6-8(11)2/h4-7H,3H2,1-2H3,(H,16,17,18). The van der Waals surface area contributed by atoms with Gasteiger partial charge in [0.25, 0.3) is 0 Å². The summed E-state index contributed by atoms with van der Waals surface area (Å²) in [4.78, 5) is 8.47. The fourth-order valence-electron chi connectivity index (χ4n) is 1.50. The van der Waals surface area contributed by atoms with E-state index in [1.807, 2.05) is 32.0 Å². The van der Waals surface area contributed by atoms with Gasteiger partial charge in [-0.15, -0.1) is 0 Å². The van der Waals surface area contributed by atoms with Crippen LogP contribution >= 0.6 is 31.9 Å². The number of nitrogens with one attached hydrogen (secondary N) is 1. The molecule has 0 aliphatic carbocycles. The fraction of sp³-hybridized carbons (Fsp3) is 0.231. The molecule has 19 heavy (non-hydrogen) atoms. The van der Waals surface area contributed by atoms with Gasteiger partial charge in [0, 0.05) is 11.0 Å². The lowest BCUT2D eigenvalue weighted by Gasteiger charge is -2.10. The minimum atomic E-state index is 0.497. The Bertz CT molecular complexity index is 590. The van der Waals surface area contributed by atoms with Gasteiger partial charge >= 0.3 is 0 Å². The van der Waals surface area contributed by atoms with Gasteiger partial charge in [0.1, 0.15) is 5.75 Å². The minimum absolute atomic E-state index is 0.497. The van der Waals surface area contributed by atoms with Crippen LogP contribution in [0.5, 0.6) is 11.6 Å². The van der Waals surface area contributed by atoms with Crippen molar-refractivity contribution in [1.29, 1.82) is 0 Å². The van der Waals surface area contributed by atoms with Gasteiger partial charge in [0.05, 0.1) is 10.7 Å². The van der Waals surface area contributed by atoms with Crippen molar-refractivity contribution in [3.63, 3.8) is 0 Å². The molecule has 1 N–H and O–H groups in total. The summed E-state index contributed by atoms with van der Waals surface area (Å²) < 4.78 is 7.56. The number of ether oxygens (including phenoxy) is 1. The van der Waals surface area contributed by atoms with Crippen LogP contribution in [0.4, 0.5) is 5.95 Å². The summed E-state index contributed by atoms with van der Waals surface area (Å²) in [5, 5.41) is 3.05. The van der Waals surface area contributed by atoms with Crippen LogP contribution in [0.25, 0.3) is 0 Å². The molecule has 0 aliphatic heterocycles. The van der Waals surface area contributed by atoms with E-state index in [-0.39, 0.29) is 0 Å². The Labute approximate surface area is 128 Å². The van der Waals surface area contributed by atoms with Gasteiger partial charge in [-0.25, -0.2) is 4.98 Å². The molecule has 0 saturated carbocycles. The van der Waals surface area contributed by atoms with Crippen molar-refractivity contribution in [2.75, 3.05) is 11.9 Å². The zero-order valence-corrected chi connectivity index (χ0v) is 13.7. The second-order valence-corrected chi connectivity index (χ2v) is 5.66. The lowest BCUT2D eigenvalue weighted by atomic mass is 10.2. The number of hydrogen-bond acceptors (Lipinski definition) is 4. The van der Waals surface area contributed by atoms with Crippen molar-refractivity contribution in [3.05, 3.63) is 38.9 Å². The van der Waals surface area contributed by atoms with Crippen LogP contribution in [0.1, 0.15) is 12.5 Å². The summed E-state index contributed by atoms with van der Waals surface area (Å²) in [5.41, 5.74) is 1.03. The molecule has 1 aromatic heterocycles. The molecule has 0 unspecified atom stereocenters. The summed E-state index contributed by atoms with van der Waals surface area (Å²) in [6.45, 7) is 4.74. The molecule has 4 nitrogen and oxygen atoms in total. The van der Waals surface area contributed by atoms with E-state index in [1.54, 1.807) is 6.20 Å². The number of benzene rings is 1. The van der Waals surface area contributed by atoms with Crippen LogP contribution in [0.2, 0.25) is 0 Å². The van der Waals surface area contributed by atoms with Gasteiger partial charge < -0.3 is 10.1 Å². The largest absolute Gasteiger partial charge is 0.437 e. The van der Waals surface area contributed by atoms with Gasteiger partial charge in [-0.05, 0) is 53.5 Å². The lowest BCUT2D eigenvalue weighted by molar-refractivity contribution is 0.455. The van der Waals surface area contributed by atoms with Crippen LogP contribution in [0.15, 0.2) is 33.3 Å². The molecule has 0 bridgehead atoms. The molecule has 0 spiro atoms. The van der Waals surface area contributed by atoms with E-state index in [1.165, 1.54) is 0 Å². The topological polar surface area (TPSA) is 47.0 Å². The van der Waals surface area contributed by atoms with Gasteiger partial charge in [-0.2, -0.15) is 4.98 Å². The maximum atomic E-state index is 5.82. The van der Waals surface area contributed by atoms with Crippen molar-refractivity contribution in [1.82, 2.24) is 9.97 Å². The Balaban J connectivity index is 2.29. The Morgan fingerprint density at radius 2 is 2.11 bits per heavy atom. The Kier molecular flexibility index (Phi) is 4.76. The molecule has 2 aromatic rings. The lowest BCUT2D eigenvalue weighted by Crippen LogP contribution is -2.03. The second-order valence-electron chi connectivity index (χ2n) is 3.89. The molecule has 0 saturated heterocycles. The summed E-state index contributed by atoms with van der Waals surface area (Å²) in [6, 6.07) is 5.83. The van der Waals surface area contributed by atoms with Crippen LogP contribution < -0.4 is 10.1 Å². The third kappa shape index (κ3) is 3.67. The van der Waals surface area contributed by atoms with Crippen LogP contribution in [-0.2, 0) is 0 Å². The second kappa shape index (κ2) is 6.34. The molecule has 0 amide bonds. The molecular formula is C13H13Br2N3O. The molecule has 100 valence electrons. The quantitative estimate of drug-likeness (QED) is 0.838. The molecule has 1 heterocycles. The van der Waals surface area contributed by atoms with Gasteiger partial charge in [-0.1, -0.05) is 15.9 Å². The highest BCUT2D eigenvalue weighted by Gasteiger charge is 2.09. The Hall–Kier alpha value is -1.14. The normalized spacial score (nSPS) is 10.3. The van der Waals surface area contributed by atoms with Crippen molar-refractivity contribution in [2.45, 2.75) is 13.8 Å². The number of aryl methyl sites for hydroxylation is 1. The zero-order chi connectivity index (χ0) is 13.8. The first-order valence-corrected chi connectivity index (χ1v) is 7.39. The van der Waals surface area contributed by atoms with E-state index in [0.29, 0.717) is 11.8 Å². The summed E-state index contributed by atoms with van der Waals surface area (Å²) in [7, 11) is 0. The summed E-state index contributed by atoms with van der Waals surface area (Å²) in [6.07, 6.45) is 1.68. The third-order valence-electron chi connectivity index (χ3n) is 2.39. The smallest absolute Gasteiger partial charge is 0.238 e. The van der Waals surface area contributed by atoms with E-state index >= 15 is 0 Å². The van der Waals surface area contributed by atoms with Crippen molar-refractivity contribution in [2.24, 2.45) is 0 Å². The molecule has 6 heteroatoms. The molecular weight excluding hydrogens is 374 g/mol. The predicted molar refractivity (Wildman–Crippen MR) is 82.8 cm³/mol. The number of hydrogen-bond donors (Lipinski definition) is 1. The summed E-state index contributed by atoms with van der Waals surface area (Å²) in [5.74, 6) is 1.82. The van der Waals surface area contributed by atoms with E-state index in [2.05, 4.69) is 47.1 Å². The van der Waals surface area contributed by atoms with Crippen LogP contribution in [-0.4, -0.2) is 16.5 Å². The first kappa shape index (κ1) is 14.3. The fourth-order valence-corrected chi connectivity index (χ4v) is 2.25. The van der Waals surface area contributed by atoms with E-state index in [0.717, 1.165) is 26.8 Å². The van der Waals surface area contributed by atoms with E-state index < -0.39 is 0 Å². The third-order valence-corrected chi connectivity index (χ3v) is 3.43. The van der Waals surface area contributed by atoms with Gasteiger partial charge in [0.2, 0.25) is 11.8 Å². The number of halogens is 2. The predicted octanol–water partition coefficient (Wildman–Crippen LogP) is 4.53. The maximum absolute atomic E-state index is 5.82. The van der Waals surface area contributed by atoms with Crippen molar-refractivity contribution < 1.29 is 4.74 Å². The molecule has 0 radical (unpaired) electrons. The molecule has 2 rings (SSSR count). The van der Waals surface area contributed by atoms with Crippen molar-refractivity contribution in [3.8, 4) is 11.6 Å². The first-order chi connectivity index (χ1) is 9.10. The average molecular weight is 387 g/mol. The molecule has 1 aromatic carbocycles. The van der Waals surface area contributed by atoms with Crippen molar-refractivity contribution >= 4 is 37.8 Å². The van der Waals surface area contributed by atoms with E-state index in [9.17, 15) is 0 Å². The zero-order valence-electron chi connectivity index (χ0n) is 10.6. The van der Waals surface area contributed by atoms with Gasteiger partial charge in [-0.3, -0.25) is 0 Å². The molecule has 0 fully saturated rings. The highest BCUT2D eigenvalue weighted by Crippen LogP contribution is 2.31. The highest BCUT2D eigenvalue weighted by molar-refractivity contribution is 9.10. The summed E-state index contributed by atoms with van der Waals surface area (Å²) >= 11 is 6.82.